The first-order valence-corrected chi connectivity index (χ1v) is 6.52. The van der Waals surface area contributed by atoms with Gasteiger partial charge in [-0.2, -0.15) is 0 Å². The van der Waals surface area contributed by atoms with Crippen LogP contribution in [0.2, 0.25) is 5.02 Å². The molecular weight excluding hydrogens is 239 g/mol. The van der Waals surface area contributed by atoms with Gasteiger partial charge in [-0.05, 0) is 49.3 Å². The van der Waals surface area contributed by atoms with Crippen LogP contribution in [0.3, 0.4) is 0 Å². The lowest BCUT2D eigenvalue weighted by Gasteiger charge is -2.20. The van der Waals surface area contributed by atoms with Gasteiger partial charge in [0.1, 0.15) is 5.82 Å². The maximum atomic E-state index is 13.7. The summed E-state index contributed by atoms with van der Waals surface area (Å²) in [6, 6.07) is 4.33. The van der Waals surface area contributed by atoms with E-state index in [2.05, 4.69) is 0 Å². The highest BCUT2D eigenvalue weighted by Gasteiger charge is 2.43. The molecule has 0 spiro atoms. The fourth-order valence-corrected chi connectivity index (χ4v) is 3.61. The Morgan fingerprint density at radius 1 is 1.29 bits per heavy atom. The Morgan fingerprint density at radius 3 is 2.71 bits per heavy atom. The molecule has 0 N–H and O–H groups in total. The third-order valence-electron chi connectivity index (χ3n) is 4.27. The Hall–Kier alpha value is -0.890. The van der Waals surface area contributed by atoms with Gasteiger partial charge in [0.05, 0.1) is 5.56 Å². The van der Waals surface area contributed by atoms with E-state index < -0.39 is 5.82 Å². The summed E-state index contributed by atoms with van der Waals surface area (Å²) in [5, 5.41) is 0.340. The molecule has 3 heteroatoms. The summed E-state index contributed by atoms with van der Waals surface area (Å²) in [4.78, 5) is 12.3. The standard InChI is InChI=1S/C14H14ClFO/c15-10-3-4-11(13(16)7-10)14(17)12-6-8-1-2-9(12)5-8/h3-4,7-9,12H,1-2,5-6H2. The quantitative estimate of drug-likeness (QED) is 0.725. The third-order valence-corrected chi connectivity index (χ3v) is 4.51. The fraction of sp³-hybridized carbons (Fsp3) is 0.500. The summed E-state index contributed by atoms with van der Waals surface area (Å²) >= 11 is 5.69. The van der Waals surface area contributed by atoms with Crippen molar-refractivity contribution in [3.8, 4) is 0 Å². The molecule has 0 saturated heterocycles. The van der Waals surface area contributed by atoms with Crippen LogP contribution in [0.4, 0.5) is 4.39 Å². The van der Waals surface area contributed by atoms with Crippen molar-refractivity contribution in [2.45, 2.75) is 25.7 Å². The van der Waals surface area contributed by atoms with E-state index >= 15 is 0 Å². The van der Waals surface area contributed by atoms with Gasteiger partial charge >= 0.3 is 0 Å². The van der Waals surface area contributed by atoms with Crippen LogP contribution >= 0.6 is 11.6 Å². The molecule has 0 aromatic heterocycles. The molecule has 1 aromatic rings. The molecule has 2 fully saturated rings. The zero-order valence-electron chi connectivity index (χ0n) is 9.46. The molecule has 3 rings (SSSR count). The Kier molecular flexibility index (Phi) is 2.70. The molecule has 0 radical (unpaired) electrons. The lowest BCUT2D eigenvalue weighted by molar-refractivity contribution is 0.0870. The van der Waals surface area contributed by atoms with Gasteiger partial charge in [-0.25, -0.2) is 4.39 Å². The number of fused-ring (bicyclic) bond motifs is 2. The number of rotatable bonds is 2. The molecule has 2 saturated carbocycles. The maximum absolute atomic E-state index is 13.7. The zero-order valence-corrected chi connectivity index (χ0v) is 10.2. The molecule has 0 heterocycles. The predicted octanol–water partition coefficient (Wildman–Crippen LogP) is 4.10. The molecule has 0 amide bonds. The highest BCUT2D eigenvalue weighted by molar-refractivity contribution is 6.30. The minimum absolute atomic E-state index is 0.0219. The SMILES string of the molecule is O=C(c1ccc(Cl)cc1F)C1CC2CCC1C2. The zero-order chi connectivity index (χ0) is 12.0. The lowest BCUT2D eigenvalue weighted by atomic mass is 9.83. The van der Waals surface area contributed by atoms with E-state index in [4.69, 9.17) is 11.6 Å². The first kappa shape index (κ1) is 11.2. The second-order valence-electron chi connectivity index (χ2n) is 5.27. The van der Waals surface area contributed by atoms with Crippen molar-refractivity contribution < 1.29 is 9.18 Å². The number of halogens is 2. The van der Waals surface area contributed by atoms with Crippen LogP contribution in [0.25, 0.3) is 0 Å². The summed E-state index contributed by atoms with van der Waals surface area (Å²) in [5.74, 6) is 0.730. The van der Waals surface area contributed by atoms with Gasteiger partial charge in [0.25, 0.3) is 0 Å². The molecule has 2 aliphatic carbocycles. The van der Waals surface area contributed by atoms with E-state index in [1.54, 1.807) is 6.07 Å². The second-order valence-corrected chi connectivity index (χ2v) is 5.71. The first-order chi connectivity index (χ1) is 8.15. The van der Waals surface area contributed by atoms with Crippen molar-refractivity contribution in [3.63, 3.8) is 0 Å². The highest BCUT2D eigenvalue weighted by atomic mass is 35.5. The molecule has 3 atom stereocenters. The maximum Gasteiger partial charge on any atom is 0.169 e. The fourth-order valence-electron chi connectivity index (χ4n) is 3.45. The third kappa shape index (κ3) is 1.89. The molecule has 2 aliphatic rings. The van der Waals surface area contributed by atoms with Gasteiger partial charge < -0.3 is 0 Å². The number of hydrogen-bond acceptors (Lipinski definition) is 1. The molecule has 3 unspecified atom stereocenters. The Bertz CT molecular complexity index is 471. The van der Waals surface area contributed by atoms with Crippen molar-refractivity contribution in [3.05, 3.63) is 34.6 Å². The number of carbonyl (C=O) groups is 1. The van der Waals surface area contributed by atoms with Crippen molar-refractivity contribution in [1.29, 1.82) is 0 Å². The van der Waals surface area contributed by atoms with Crippen LogP contribution in [-0.2, 0) is 0 Å². The van der Waals surface area contributed by atoms with Gasteiger partial charge in [0.15, 0.2) is 5.78 Å². The van der Waals surface area contributed by atoms with Gasteiger partial charge in [-0.3, -0.25) is 4.79 Å². The van der Waals surface area contributed by atoms with Crippen molar-refractivity contribution in [1.82, 2.24) is 0 Å². The Labute approximate surface area is 105 Å². The van der Waals surface area contributed by atoms with E-state index in [-0.39, 0.29) is 17.3 Å². The normalized spacial score (nSPS) is 30.8. The van der Waals surface area contributed by atoms with Crippen LogP contribution in [-0.4, -0.2) is 5.78 Å². The van der Waals surface area contributed by atoms with Crippen molar-refractivity contribution in [2.75, 3.05) is 0 Å². The molecule has 1 aromatic carbocycles. The van der Waals surface area contributed by atoms with Gasteiger partial charge in [-0.15, -0.1) is 0 Å². The van der Waals surface area contributed by atoms with Crippen LogP contribution in [0.15, 0.2) is 18.2 Å². The van der Waals surface area contributed by atoms with Gasteiger partial charge in [0, 0.05) is 10.9 Å². The average Bonchev–Trinajstić information content (AvgIpc) is 2.89. The van der Waals surface area contributed by atoms with Crippen LogP contribution in [0, 0.1) is 23.6 Å². The number of ketones is 1. The van der Waals surface area contributed by atoms with Crippen LogP contribution < -0.4 is 0 Å². The summed E-state index contributed by atoms with van der Waals surface area (Å²) in [7, 11) is 0. The van der Waals surface area contributed by atoms with Crippen molar-refractivity contribution in [2.24, 2.45) is 17.8 Å². The molecule has 0 aliphatic heterocycles. The number of hydrogen-bond donors (Lipinski definition) is 0. The Morgan fingerprint density at radius 2 is 2.12 bits per heavy atom. The molecule has 1 nitrogen and oxygen atoms in total. The van der Waals surface area contributed by atoms with E-state index in [1.807, 2.05) is 0 Å². The Balaban J connectivity index is 1.87. The lowest BCUT2D eigenvalue weighted by Crippen LogP contribution is -2.21. The van der Waals surface area contributed by atoms with Gasteiger partial charge in [-0.1, -0.05) is 18.0 Å². The number of benzene rings is 1. The monoisotopic (exact) mass is 252 g/mol. The summed E-state index contributed by atoms with van der Waals surface area (Å²) in [6.45, 7) is 0. The van der Waals surface area contributed by atoms with Crippen molar-refractivity contribution >= 4 is 17.4 Å². The molecule has 2 bridgehead atoms. The van der Waals surface area contributed by atoms with E-state index in [0.717, 1.165) is 19.3 Å². The first-order valence-electron chi connectivity index (χ1n) is 6.14. The summed E-state index contributed by atoms with van der Waals surface area (Å²) in [6.07, 6.45) is 4.49. The average molecular weight is 253 g/mol. The number of Topliss-reactive ketones (excluding diaryl/α,β-unsaturated/α-hetero) is 1. The molecule has 90 valence electrons. The summed E-state index contributed by atoms with van der Waals surface area (Å²) < 4.78 is 13.7. The van der Waals surface area contributed by atoms with E-state index in [0.29, 0.717) is 16.9 Å². The summed E-state index contributed by atoms with van der Waals surface area (Å²) in [5.41, 5.74) is 0.215. The van der Waals surface area contributed by atoms with E-state index in [9.17, 15) is 9.18 Å². The largest absolute Gasteiger partial charge is 0.294 e. The smallest absolute Gasteiger partial charge is 0.169 e. The number of carbonyl (C=O) groups excluding carboxylic acids is 1. The molecular formula is C14H14ClFO. The second kappa shape index (κ2) is 4.09. The minimum Gasteiger partial charge on any atom is -0.294 e. The van der Waals surface area contributed by atoms with Crippen LogP contribution in [0.1, 0.15) is 36.0 Å². The minimum atomic E-state index is -0.481. The predicted molar refractivity (Wildman–Crippen MR) is 64.7 cm³/mol. The van der Waals surface area contributed by atoms with Gasteiger partial charge in [0.2, 0.25) is 0 Å². The topological polar surface area (TPSA) is 17.1 Å². The van der Waals surface area contributed by atoms with E-state index in [1.165, 1.54) is 18.6 Å². The van der Waals surface area contributed by atoms with Crippen LogP contribution in [0.5, 0.6) is 0 Å². The molecule has 17 heavy (non-hydrogen) atoms. The highest BCUT2D eigenvalue weighted by Crippen LogP contribution is 2.49.